The zero-order valence-corrected chi connectivity index (χ0v) is 20.9. The number of rotatable bonds is 6. The van der Waals surface area contributed by atoms with Crippen molar-refractivity contribution in [1.82, 2.24) is 5.01 Å². The highest BCUT2D eigenvalue weighted by atomic mass is 32.2. The standard InChI is InChI=1S/C28H26N4O3S/c1-18-8-10-20(11-9-18)24-16-23(19-12-14-22(35-2)15-13-19)31-32(24)28-30-27(34)25(36-28)17-26(33)29-21-6-4-3-5-7-21/h3-15,24-25H,16-17H2,1-2H3,(H,29,33). The molecule has 1 N–H and O–H groups in total. The van der Waals surface area contributed by atoms with Crippen LogP contribution in [0.1, 0.15) is 35.6 Å². The smallest absolute Gasteiger partial charge is 0.262 e. The highest BCUT2D eigenvalue weighted by Gasteiger charge is 2.39. The van der Waals surface area contributed by atoms with Gasteiger partial charge in [0.15, 0.2) is 5.17 Å². The summed E-state index contributed by atoms with van der Waals surface area (Å²) in [5, 5.41) is 9.52. The largest absolute Gasteiger partial charge is 0.497 e. The Kier molecular flexibility index (Phi) is 6.86. The molecular formula is C28H26N4O3S. The number of carbonyl (C=O) groups is 2. The molecular weight excluding hydrogens is 472 g/mol. The van der Waals surface area contributed by atoms with E-state index in [0.29, 0.717) is 17.3 Å². The molecule has 0 fully saturated rings. The maximum Gasteiger partial charge on any atom is 0.262 e. The number of nitrogens with one attached hydrogen (secondary N) is 1. The van der Waals surface area contributed by atoms with E-state index < -0.39 is 5.25 Å². The van der Waals surface area contributed by atoms with E-state index in [1.807, 2.05) is 59.6 Å². The third-order valence-electron chi connectivity index (χ3n) is 6.15. The maximum atomic E-state index is 12.8. The Morgan fingerprint density at radius 3 is 2.47 bits per heavy atom. The lowest BCUT2D eigenvalue weighted by Crippen LogP contribution is -2.25. The summed E-state index contributed by atoms with van der Waals surface area (Å²) < 4.78 is 5.29. The lowest BCUT2D eigenvalue weighted by Gasteiger charge is -2.23. The third kappa shape index (κ3) is 5.18. The lowest BCUT2D eigenvalue weighted by molar-refractivity contribution is -0.121. The molecule has 0 radical (unpaired) electrons. The Hall–Kier alpha value is -3.91. The minimum absolute atomic E-state index is 0.0451. The maximum absolute atomic E-state index is 12.8. The quantitative estimate of drug-likeness (QED) is 0.506. The molecule has 0 bridgehead atoms. The van der Waals surface area contributed by atoms with Gasteiger partial charge in [0.1, 0.15) is 11.0 Å². The van der Waals surface area contributed by atoms with E-state index in [1.165, 1.54) is 17.3 Å². The summed E-state index contributed by atoms with van der Waals surface area (Å²) >= 11 is 1.30. The molecule has 36 heavy (non-hydrogen) atoms. The summed E-state index contributed by atoms with van der Waals surface area (Å²) in [6, 6.07) is 25.2. The van der Waals surface area contributed by atoms with E-state index in [2.05, 4.69) is 41.5 Å². The van der Waals surface area contributed by atoms with Crippen molar-refractivity contribution in [2.75, 3.05) is 12.4 Å². The first-order chi connectivity index (χ1) is 17.5. The van der Waals surface area contributed by atoms with Gasteiger partial charge in [0, 0.05) is 18.5 Å². The Morgan fingerprint density at radius 1 is 1.06 bits per heavy atom. The van der Waals surface area contributed by atoms with Gasteiger partial charge < -0.3 is 10.1 Å². The predicted octanol–water partition coefficient (Wildman–Crippen LogP) is 5.18. The summed E-state index contributed by atoms with van der Waals surface area (Å²) in [4.78, 5) is 29.7. The van der Waals surface area contributed by atoms with E-state index in [9.17, 15) is 9.59 Å². The number of aryl methyl sites for hydroxylation is 1. The topological polar surface area (TPSA) is 83.4 Å². The number of amidine groups is 1. The van der Waals surface area contributed by atoms with Crippen LogP contribution in [0, 0.1) is 6.92 Å². The second-order valence-corrected chi connectivity index (χ2v) is 9.88. The van der Waals surface area contributed by atoms with E-state index >= 15 is 0 Å². The molecule has 0 saturated heterocycles. The van der Waals surface area contributed by atoms with E-state index in [-0.39, 0.29) is 24.3 Å². The molecule has 2 aliphatic heterocycles. The molecule has 2 unspecified atom stereocenters. The fourth-order valence-corrected chi connectivity index (χ4v) is 5.26. The normalized spacial score (nSPS) is 19.2. The van der Waals surface area contributed by atoms with Crippen LogP contribution in [0.3, 0.4) is 0 Å². The van der Waals surface area contributed by atoms with Gasteiger partial charge in [-0.1, -0.05) is 59.8 Å². The van der Waals surface area contributed by atoms with Crippen LogP contribution in [0.25, 0.3) is 0 Å². The van der Waals surface area contributed by atoms with Crippen molar-refractivity contribution in [3.8, 4) is 5.75 Å². The van der Waals surface area contributed by atoms with Crippen LogP contribution in [-0.4, -0.2) is 40.1 Å². The van der Waals surface area contributed by atoms with Crippen LogP contribution in [-0.2, 0) is 9.59 Å². The zero-order valence-electron chi connectivity index (χ0n) is 20.0. The number of hydrogen-bond donors (Lipinski definition) is 1. The number of thioether (sulfide) groups is 1. The van der Waals surface area contributed by atoms with Gasteiger partial charge in [0.2, 0.25) is 5.91 Å². The van der Waals surface area contributed by atoms with Gasteiger partial charge in [-0.05, 0) is 54.4 Å². The van der Waals surface area contributed by atoms with Gasteiger partial charge in [-0.3, -0.25) is 9.59 Å². The minimum Gasteiger partial charge on any atom is -0.497 e. The van der Waals surface area contributed by atoms with Gasteiger partial charge in [-0.2, -0.15) is 10.1 Å². The number of methoxy groups -OCH3 is 1. The first kappa shape index (κ1) is 23.8. The van der Waals surface area contributed by atoms with Crippen molar-refractivity contribution in [2.45, 2.75) is 31.1 Å². The minimum atomic E-state index is -0.581. The van der Waals surface area contributed by atoms with Crippen LogP contribution in [0.2, 0.25) is 0 Å². The van der Waals surface area contributed by atoms with Crippen molar-refractivity contribution in [1.29, 1.82) is 0 Å². The molecule has 2 amide bonds. The Labute approximate surface area is 214 Å². The summed E-state index contributed by atoms with van der Waals surface area (Å²) in [5.41, 5.74) is 4.86. The molecule has 182 valence electrons. The number of carbonyl (C=O) groups excluding carboxylic acids is 2. The summed E-state index contributed by atoms with van der Waals surface area (Å²) in [5.74, 6) is 0.249. The Morgan fingerprint density at radius 2 is 1.78 bits per heavy atom. The van der Waals surface area contributed by atoms with E-state index in [0.717, 1.165) is 22.6 Å². The highest BCUT2D eigenvalue weighted by Crippen LogP contribution is 2.38. The van der Waals surface area contributed by atoms with Crippen molar-refractivity contribution >= 4 is 40.1 Å². The molecule has 2 heterocycles. The molecule has 0 aromatic heterocycles. The Balaban J connectivity index is 1.36. The third-order valence-corrected chi connectivity index (χ3v) is 7.29. The first-order valence-electron chi connectivity index (χ1n) is 11.7. The number of benzene rings is 3. The van der Waals surface area contributed by atoms with Crippen LogP contribution in [0.15, 0.2) is 89.0 Å². The second kappa shape index (κ2) is 10.4. The monoisotopic (exact) mass is 498 g/mol. The number of ether oxygens (including phenoxy) is 1. The SMILES string of the molecule is COc1ccc(C2=NN(C3=NC(=O)C(CC(=O)Nc4ccccc4)S3)C(c3ccc(C)cc3)C2)cc1. The molecule has 2 aliphatic rings. The van der Waals surface area contributed by atoms with Gasteiger partial charge in [-0.25, -0.2) is 5.01 Å². The summed E-state index contributed by atoms with van der Waals surface area (Å²) in [6.07, 6.45) is 0.714. The average molecular weight is 499 g/mol. The van der Waals surface area contributed by atoms with Crippen molar-refractivity contribution < 1.29 is 14.3 Å². The van der Waals surface area contributed by atoms with Gasteiger partial charge in [0.25, 0.3) is 5.91 Å². The summed E-state index contributed by atoms with van der Waals surface area (Å²) in [6.45, 7) is 2.05. The molecule has 3 aromatic carbocycles. The number of amides is 2. The zero-order chi connectivity index (χ0) is 25.1. The van der Waals surface area contributed by atoms with E-state index in [4.69, 9.17) is 9.84 Å². The second-order valence-electron chi connectivity index (χ2n) is 8.71. The number of aliphatic imine (C=N–C) groups is 1. The van der Waals surface area contributed by atoms with Gasteiger partial charge in [0.05, 0.1) is 18.9 Å². The Bertz CT molecular complexity index is 1320. The predicted molar refractivity (Wildman–Crippen MR) is 143 cm³/mol. The molecule has 0 saturated carbocycles. The molecule has 5 rings (SSSR count). The molecule has 0 aliphatic carbocycles. The van der Waals surface area contributed by atoms with E-state index in [1.54, 1.807) is 7.11 Å². The number of anilines is 1. The average Bonchev–Trinajstić information content (AvgIpc) is 3.49. The number of hydrazone groups is 1. The van der Waals surface area contributed by atoms with Crippen LogP contribution >= 0.6 is 11.8 Å². The molecule has 7 nitrogen and oxygen atoms in total. The molecule has 2 atom stereocenters. The number of para-hydroxylation sites is 1. The lowest BCUT2D eigenvalue weighted by atomic mass is 9.98. The fourth-order valence-electron chi connectivity index (χ4n) is 4.20. The van der Waals surface area contributed by atoms with Crippen molar-refractivity contribution in [3.05, 3.63) is 95.6 Å². The molecule has 3 aromatic rings. The molecule has 8 heteroatoms. The van der Waals surface area contributed by atoms with Crippen molar-refractivity contribution in [3.63, 3.8) is 0 Å². The van der Waals surface area contributed by atoms with Crippen LogP contribution < -0.4 is 10.1 Å². The van der Waals surface area contributed by atoms with Crippen LogP contribution in [0.4, 0.5) is 5.69 Å². The highest BCUT2D eigenvalue weighted by molar-refractivity contribution is 8.15. The number of hydrogen-bond acceptors (Lipinski definition) is 6. The van der Waals surface area contributed by atoms with Crippen LogP contribution in [0.5, 0.6) is 5.75 Å². The first-order valence-corrected chi connectivity index (χ1v) is 12.6. The fraction of sp³-hybridized carbons (Fsp3) is 0.214. The number of nitrogens with zero attached hydrogens (tertiary/aromatic N) is 3. The van der Waals surface area contributed by atoms with Crippen molar-refractivity contribution in [2.24, 2.45) is 10.1 Å². The summed E-state index contributed by atoms with van der Waals surface area (Å²) in [7, 11) is 1.64. The van der Waals surface area contributed by atoms with Gasteiger partial charge in [-0.15, -0.1) is 0 Å². The molecule has 0 spiro atoms. The van der Waals surface area contributed by atoms with Gasteiger partial charge >= 0.3 is 0 Å².